The fourth-order valence-corrected chi connectivity index (χ4v) is 0.992. The number of hydrogen-bond acceptors (Lipinski definition) is 4. The summed E-state index contributed by atoms with van der Waals surface area (Å²) in [4.78, 5) is 21.5. The number of nitrogens with one attached hydrogen (secondary N) is 1. The predicted octanol–water partition coefficient (Wildman–Crippen LogP) is 1.78. The number of carboxylic acid groups (broad SMARTS) is 1. The number of hydrogen-bond donors (Lipinski definition) is 2. The SMILES string of the molecule is C1CC1.CCOCCC[C@H](NC(=O)OC)C(=O)O. The van der Waals surface area contributed by atoms with Gasteiger partial charge in [0.15, 0.2) is 0 Å². The second-order valence-electron chi connectivity index (χ2n) is 3.93. The van der Waals surface area contributed by atoms with Crippen molar-refractivity contribution in [2.75, 3.05) is 20.3 Å². The largest absolute Gasteiger partial charge is 0.480 e. The van der Waals surface area contributed by atoms with Crippen molar-refractivity contribution in [2.45, 2.75) is 45.1 Å². The molecule has 0 aromatic heterocycles. The van der Waals surface area contributed by atoms with Crippen LogP contribution in [0.5, 0.6) is 0 Å². The van der Waals surface area contributed by atoms with Crippen molar-refractivity contribution in [2.24, 2.45) is 0 Å². The summed E-state index contributed by atoms with van der Waals surface area (Å²) in [5.41, 5.74) is 0. The summed E-state index contributed by atoms with van der Waals surface area (Å²) in [6.45, 7) is 2.95. The lowest BCUT2D eigenvalue weighted by atomic mass is 10.1. The highest BCUT2D eigenvalue weighted by Crippen LogP contribution is 2.14. The highest BCUT2D eigenvalue weighted by atomic mass is 16.5. The summed E-state index contributed by atoms with van der Waals surface area (Å²) < 4.78 is 9.37. The van der Waals surface area contributed by atoms with E-state index in [4.69, 9.17) is 9.84 Å². The van der Waals surface area contributed by atoms with Crippen molar-refractivity contribution in [3.63, 3.8) is 0 Å². The first-order valence-electron chi connectivity index (χ1n) is 6.26. The Bertz CT molecular complexity index is 240. The molecule has 0 bridgehead atoms. The molecule has 1 aliphatic rings. The molecule has 0 radical (unpaired) electrons. The Kier molecular flexibility index (Phi) is 10.0. The number of methoxy groups -OCH3 is 1. The Morgan fingerprint density at radius 2 is 1.94 bits per heavy atom. The molecule has 0 aliphatic heterocycles. The Morgan fingerprint density at radius 1 is 1.33 bits per heavy atom. The molecular weight excluding hydrogens is 238 g/mol. The van der Waals surface area contributed by atoms with E-state index in [1.165, 1.54) is 26.4 Å². The summed E-state index contributed by atoms with van der Waals surface area (Å²) in [6.07, 6.45) is 4.66. The van der Waals surface area contributed by atoms with Crippen LogP contribution in [0.3, 0.4) is 0 Å². The molecule has 0 spiro atoms. The first-order chi connectivity index (χ1) is 8.61. The van der Waals surface area contributed by atoms with Crippen LogP contribution in [0.2, 0.25) is 0 Å². The van der Waals surface area contributed by atoms with E-state index in [1.807, 2.05) is 6.92 Å². The first-order valence-corrected chi connectivity index (χ1v) is 6.26. The predicted molar refractivity (Wildman–Crippen MR) is 66.5 cm³/mol. The molecule has 1 amide bonds. The van der Waals surface area contributed by atoms with Crippen molar-refractivity contribution in [3.8, 4) is 0 Å². The fourth-order valence-electron chi connectivity index (χ4n) is 0.992. The van der Waals surface area contributed by atoms with Crippen LogP contribution >= 0.6 is 0 Å². The minimum absolute atomic E-state index is 0.324. The molecule has 1 rings (SSSR count). The number of aliphatic carboxylic acids is 1. The summed E-state index contributed by atoms with van der Waals surface area (Å²) in [7, 11) is 1.19. The zero-order valence-corrected chi connectivity index (χ0v) is 11.1. The van der Waals surface area contributed by atoms with E-state index in [1.54, 1.807) is 0 Å². The van der Waals surface area contributed by atoms with Crippen LogP contribution in [0.1, 0.15) is 39.0 Å². The number of rotatable bonds is 7. The van der Waals surface area contributed by atoms with E-state index in [-0.39, 0.29) is 0 Å². The normalized spacial score (nSPS) is 13.9. The van der Waals surface area contributed by atoms with Crippen molar-refractivity contribution in [1.82, 2.24) is 5.32 Å². The average Bonchev–Trinajstić information content (AvgIpc) is 3.20. The molecule has 0 unspecified atom stereocenters. The van der Waals surface area contributed by atoms with Gasteiger partial charge in [-0.15, -0.1) is 0 Å². The average molecular weight is 261 g/mol. The summed E-state index contributed by atoms with van der Waals surface area (Å²) in [5.74, 6) is -1.07. The number of carbonyl (C=O) groups excluding carboxylic acids is 1. The molecule has 1 atom stereocenters. The Hall–Kier alpha value is -1.30. The molecule has 0 aromatic rings. The van der Waals surface area contributed by atoms with E-state index < -0.39 is 18.1 Å². The molecule has 0 heterocycles. The fraction of sp³-hybridized carbons (Fsp3) is 0.833. The van der Waals surface area contributed by atoms with Gasteiger partial charge in [0.05, 0.1) is 7.11 Å². The van der Waals surface area contributed by atoms with Crippen LogP contribution in [-0.2, 0) is 14.3 Å². The second kappa shape index (κ2) is 10.8. The van der Waals surface area contributed by atoms with Crippen molar-refractivity contribution < 1.29 is 24.2 Å². The molecule has 18 heavy (non-hydrogen) atoms. The standard InChI is InChI=1S/C9H17NO5.C3H6/c1-3-15-6-4-5-7(8(11)12)10-9(13)14-2;1-2-3-1/h7H,3-6H2,1-2H3,(H,10,13)(H,11,12);1-3H2/t7-;/m0./s1. The van der Waals surface area contributed by atoms with Gasteiger partial charge in [-0.05, 0) is 19.8 Å². The monoisotopic (exact) mass is 261 g/mol. The quantitative estimate of drug-likeness (QED) is 0.682. The van der Waals surface area contributed by atoms with Crippen molar-refractivity contribution in [3.05, 3.63) is 0 Å². The van der Waals surface area contributed by atoms with Gasteiger partial charge in [-0.1, -0.05) is 19.3 Å². The van der Waals surface area contributed by atoms with E-state index in [9.17, 15) is 9.59 Å². The van der Waals surface area contributed by atoms with Gasteiger partial charge < -0.3 is 19.9 Å². The topological polar surface area (TPSA) is 84.9 Å². The molecule has 2 N–H and O–H groups in total. The number of alkyl carbamates (subject to hydrolysis) is 1. The lowest BCUT2D eigenvalue weighted by molar-refractivity contribution is -0.139. The maximum Gasteiger partial charge on any atom is 0.407 e. The molecule has 0 aromatic carbocycles. The van der Waals surface area contributed by atoms with Gasteiger partial charge >= 0.3 is 12.1 Å². The summed E-state index contributed by atoms with van der Waals surface area (Å²) in [6, 6.07) is -0.919. The minimum Gasteiger partial charge on any atom is -0.480 e. The van der Waals surface area contributed by atoms with Crippen LogP contribution in [0.25, 0.3) is 0 Å². The smallest absolute Gasteiger partial charge is 0.407 e. The van der Waals surface area contributed by atoms with Gasteiger partial charge in [-0.3, -0.25) is 0 Å². The number of carboxylic acids is 1. The zero-order valence-electron chi connectivity index (χ0n) is 11.1. The number of amides is 1. The van der Waals surface area contributed by atoms with Gasteiger partial charge in [-0.25, -0.2) is 9.59 Å². The van der Waals surface area contributed by atoms with Crippen LogP contribution in [0.4, 0.5) is 4.79 Å². The highest BCUT2D eigenvalue weighted by Gasteiger charge is 2.19. The second-order valence-corrected chi connectivity index (χ2v) is 3.93. The molecule has 1 aliphatic carbocycles. The lowest BCUT2D eigenvalue weighted by Crippen LogP contribution is -2.40. The Morgan fingerprint density at radius 3 is 2.33 bits per heavy atom. The van der Waals surface area contributed by atoms with E-state index >= 15 is 0 Å². The third kappa shape index (κ3) is 11.2. The van der Waals surface area contributed by atoms with Crippen LogP contribution < -0.4 is 5.32 Å². The lowest BCUT2D eigenvalue weighted by Gasteiger charge is -2.13. The maximum absolute atomic E-state index is 10.8. The molecule has 1 fully saturated rings. The van der Waals surface area contributed by atoms with E-state index in [0.29, 0.717) is 26.1 Å². The number of ether oxygens (including phenoxy) is 2. The van der Waals surface area contributed by atoms with E-state index in [2.05, 4.69) is 10.1 Å². The van der Waals surface area contributed by atoms with Gasteiger partial charge in [0.2, 0.25) is 0 Å². The van der Waals surface area contributed by atoms with Gasteiger partial charge in [0.25, 0.3) is 0 Å². The molecule has 106 valence electrons. The summed E-state index contributed by atoms with van der Waals surface area (Å²) >= 11 is 0. The van der Waals surface area contributed by atoms with Gasteiger partial charge in [0.1, 0.15) is 6.04 Å². The minimum atomic E-state index is -1.07. The molecule has 6 nitrogen and oxygen atoms in total. The highest BCUT2D eigenvalue weighted by molar-refractivity contribution is 5.79. The zero-order chi connectivity index (χ0) is 13.8. The molecule has 1 saturated carbocycles. The third-order valence-electron chi connectivity index (χ3n) is 2.11. The molecular formula is C12H23NO5. The first kappa shape index (κ1) is 16.7. The molecule has 6 heteroatoms. The van der Waals surface area contributed by atoms with Crippen molar-refractivity contribution >= 4 is 12.1 Å². The van der Waals surface area contributed by atoms with E-state index in [0.717, 1.165) is 0 Å². The Labute approximate surface area is 108 Å². The van der Waals surface area contributed by atoms with Crippen LogP contribution in [0.15, 0.2) is 0 Å². The molecule has 0 saturated heterocycles. The maximum atomic E-state index is 10.8. The third-order valence-corrected chi connectivity index (χ3v) is 2.11. The van der Waals surface area contributed by atoms with Gasteiger partial charge in [-0.2, -0.15) is 0 Å². The van der Waals surface area contributed by atoms with Crippen LogP contribution in [-0.4, -0.2) is 43.5 Å². The van der Waals surface area contributed by atoms with Crippen molar-refractivity contribution in [1.29, 1.82) is 0 Å². The summed E-state index contributed by atoms with van der Waals surface area (Å²) in [5, 5.41) is 11.0. The Balaban J connectivity index is 0.000000827. The number of carbonyl (C=O) groups is 2. The van der Waals surface area contributed by atoms with Crippen LogP contribution in [0, 0.1) is 0 Å². The van der Waals surface area contributed by atoms with Gasteiger partial charge in [0, 0.05) is 13.2 Å².